The van der Waals surface area contributed by atoms with Crippen LogP contribution in [0.3, 0.4) is 0 Å². The van der Waals surface area contributed by atoms with Gasteiger partial charge in [0.15, 0.2) is 6.10 Å². The second-order valence-corrected chi connectivity index (χ2v) is 15.7. The molecule has 0 fully saturated rings. The lowest BCUT2D eigenvalue weighted by Crippen LogP contribution is -2.30. The minimum Gasteiger partial charge on any atom is -0.462 e. The zero-order valence-electron chi connectivity index (χ0n) is 39.1. The van der Waals surface area contributed by atoms with Gasteiger partial charge in [0.05, 0.1) is 6.42 Å². The van der Waals surface area contributed by atoms with Gasteiger partial charge in [-0.2, -0.15) is 0 Å². The number of hydrogen-bond donors (Lipinski definition) is 0. The third-order valence-corrected chi connectivity index (χ3v) is 9.90. The van der Waals surface area contributed by atoms with Gasteiger partial charge in [-0.1, -0.05) is 214 Å². The SMILES string of the molecule is CC\C=C/C=C\C=C/C=C\C=C/CCCCCC(=O)OC(COC(=O)C/C=C\C/C=C\C/C=C\CC)COC(=O)CCCCCCCCC/C=C\CCCCCCCCCC. The molecule has 344 valence electrons. The molecule has 0 aromatic rings. The highest BCUT2D eigenvalue weighted by Crippen LogP contribution is 2.13. The van der Waals surface area contributed by atoms with E-state index in [1.165, 1.54) is 89.9 Å². The van der Waals surface area contributed by atoms with Crippen LogP contribution in [0, 0.1) is 0 Å². The minimum atomic E-state index is -0.837. The molecule has 6 heteroatoms. The largest absolute Gasteiger partial charge is 0.462 e. The Morgan fingerprint density at radius 2 is 0.787 bits per heavy atom. The summed E-state index contributed by atoms with van der Waals surface area (Å²) in [5.41, 5.74) is 0. The normalized spacial score (nSPS) is 13.0. The van der Waals surface area contributed by atoms with Crippen LogP contribution in [0.4, 0.5) is 0 Å². The third kappa shape index (κ3) is 47.0. The Morgan fingerprint density at radius 3 is 1.34 bits per heavy atom. The lowest BCUT2D eigenvalue weighted by atomic mass is 10.1. The first kappa shape index (κ1) is 57.1. The molecule has 0 aromatic heterocycles. The van der Waals surface area contributed by atoms with Crippen molar-refractivity contribution in [2.45, 2.75) is 207 Å². The minimum absolute atomic E-state index is 0.121. The first-order valence-electron chi connectivity index (χ1n) is 24.5. The second-order valence-electron chi connectivity index (χ2n) is 15.7. The summed E-state index contributed by atoms with van der Waals surface area (Å²) in [7, 11) is 0. The van der Waals surface area contributed by atoms with E-state index in [0.717, 1.165) is 64.2 Å². The zero-order valence-corrected chi connectivity index (χ0v) is 39.1. The van der Waals surface area contributed by atoms with Crippen molar-refractivity contribution < 1.29 is 28.6 Å². The van der Waals surface area contributed by atoms with Gasteiger partial charge in [-0.05, 0) is 77.0 Å². The summed E-state index contributed by atoms with van der Waals surface area (Å²) in [4.78, 5) is 37.7. The van der Waals surface area contributed by atoms with Crippen molar-refractivity contribution in [2.75, 3.05) is 13.2 Å². The highest BCUT2D eigenvalue weighted by atomic mass is 16.6. The van der Waals surface area contributed by atoms with E-state index in [4.69, 9.17) is 14.2 Å². The fourth-order valence-electron chi connectivity index (χ4n) is 6.28. The van der Waals surface area contributed by atoms with Crippen LogP contribution in [-0.4, -0.2) is 37.2 Å². The van der Waals surface area contributed by atoms with Crippen LogP contribution >= 0.6 is 0 Å². The van der Waals surface area contributed by atoms with E-state index < -0.39 is 12.1 Å². The quantitative estimate of drug-likeness (QED) is 0.0200. The molecule has 0 saturated heterocycles. The third-order valence-electron chi connectivity index (χ3n) is 9.90. The molecule has 6 nitrogen and oxygen atoms in total. The number of hydrogen-bond acceptors (Lipinski definition) is 6. The number of rotatable bonds is 42. The van der Waals surface area contributed by atoms with Gasteiger partial charge < -0.3 is 14.2 Å². The Balaban J connectivity index is 4.45. The maximum atomic E-state index is 12.7. The van der Waals surface area contributed by atoms with Crippen molar-refractivity contribution in [3.05, 3.63) is 109 Å². The van der Waals surface area contributed by atoms with Crippen molar-refractivity contribution in [1.29, 1.82) is 0 Å². The summed E-state index contributed by atoms with van der Waals surface area (Å²) in [5.74, 6) is -1.11. The van der Waals surface area contributed by atoms with Crippen LogP contribution < -0.4 is 0 Å². The predicted molar refractivity (Wildman–Crippen MR) is 260 cm³/mol. The molecule has 1 atom stereocenters. The summed E-state index contributed by atoms with van der Waals surface area (Å²) in [6, 6.07) is 0. The molecule has 0 radical (unpaired) electrons. The van der Waals surface area contributed by atoms with Gasteiger partial charge in [0.2, 0.25) is 0 Å². The fourth-order valence-corrected chi connectivity index (χ4v) is 6.28. The molecule has 0 aromatic carbocycles. The predicted octanol–water partition coefficient (Wildman–Crippen LogP) is 16.0. The highest BCUT2D eigenvalue weighted by molar-refractivity contribution is 5.72. The van der Waals surface area contributed by atoms with E-state index in [0.29, 0.717) is 12.8 Å². The average Bonchev–Trinajstić information content (AvgIpc) is 3.26. The number of carbonyl (C=O) groups excluding carboxylic acids is 3. The standard InChI is InChI=1S/C55H88O6/c1-4-7-10-13-16-19-21-23-25-26-27-28-30-31-33-36-39-42-45-48-54(57)60-51-52(50-59-53(56)47-44-41-38-35-18-15-12-9-6-3)61-55(58)49-46-43-40-37-34-32-29-24-22-20-17-14-11-8-5-2/h8-9,11-12,14,17-18,20,22,24,26-27,29,32,34-35,41,44,52H,4-7,10,13,15-16,19,21,23,25,28,30-31,33,36-40,42-43,45-51H2,1-3H3/b11-8-,12-9-,17-14-,22-20-,27-26-,29-24-,34-32-,35-18-,44-41-. The maximum Gasteiger partial charge on any atom is 0.309 e. The van der Waals surface area contributed by atoms with Crippen molar-refractivity contribution in [3.8, 4) is 0 Å². The molecule has 0 aliphatic carbocycles. The first-order chi connectivity index (χ1) is 30.0. The van der Waals surface area contributed by atoms with Gasteiger partial charge in [0, 0.05) is 12.8 Å². The molecule has 0 spiro atoms. The fraction of sp³-hybridized carbons (Fsp3) is 0.618. The van der Waals surface area contributed by atoms with Crippen molar-refractivity contribution in [2.24, 2.45) is 0 Å². The van der Waals surface area contributed by atoms with Gasteiger partial charge in [0.25, 0.3) is 0 Å². The van der Waals surface area contributed by atoms with E-state index in [2.05, 4.69) is 69.4 Å². The summed E-state index contributed by atoms with van der Waals surface area (Å²) in [6.07, 6.45) is 65.4. The summed E-state index contributed by atoms with van der Waals surface area (Å²) in [6.45, 7) is 6.22. The second kappa shape index (κ2) is 48.7. The molecule has 1 unspecified atom stereocenters. The Morgan fingerprint density at radius 1 is 0.377 bits per heavy atom. The van der Waals surface area contributed by atoms with Crippen LogP contribution in [0.25, 0.3) is 0 Å². The van der Waals surface area contributed by atoms with Crippen LogP contribution in [0.5, 0.6) is 0 Å². The molecule has 0 aliphatic rings. The number of ether oxygens (including phenoxy) is 3. The molecule has 0 heterocycles. The van der Waals surface area contributed by atoms with Crippen LogP contribution in [-0.2, 0) is 28.6 Å². The molecule has 0 aliphatic heterocycles. The zero-order chi connectivity index (χ0) is 44.4. The molecular weight excluding hydrogens is 757 g/mol. The Hall–Kier alpha value is -3.93. The van der Waals surface area contributed by atoms with E-state index in [-0.39, 0.29) is 38.0 Å². The summed E-state index contributed by atoms with van der Waals surface area (Å²) < 4.78 is 16.6. The lowest BCUT2D eigenvalue weighted by Gasteiger charge is -2.18. The Kier molecular flexibility index (Phi) is 45.6. The van der Waals surface area contributed by atoms with E-state index in [9.17, 15) is 14.4 Å². The van der Waals surface area contributed by atoms with Crippen molar-refractivity contribution in [3.63, 3.8) is 0 Å². The van der Waals surface area contributed by atoms with Crippen LogP contribution in [0.2, 0.25) is 0 Å². The van der Waals surface area contributed by atoms with Gasteiger partial charge in [-0.15, -0.1) is 0 Å². The molecule has 0 saturated carbocycles. The summed E-state index contributed by atoms with van der Waals surface area (Å²) >= 11 is 0. The molecule has 61 heavy (non-hydrogen) atoms. The number of carbonyl (C=O) groups is 3. The van der Waals surface area contributed by atoms with Crippen LogP contribution in [0.15, 0.2) is 109 Å². The number of unbranched alkanes of at least 4 members (excludes halogenated alkanes) is 18. The van der Waals surface area contributed by atoms with Crippen molar-refractivity contribution >= 4 is 17.9 Å². The van der Waals surface area contributed by atoms with Crippen molar-refractivity contribution in [1.82, 2.24) is 0 Å². The highest BCUT2D eigenvalue weighted by Gasteiger charge is 2.19. The van der Waals surface area contributed by atoms with Gasteiger partial charge in [-0.3, -0.25) is 14.4 Å². The molecule has 0 rings (SSSR count). The van der Waals surface area contributed by atoms with E-state index in [1.807, 2.05) is 54.7 Å². The van der Waals surface area contributed by atoms with Gasteiger partial charge in [-0.25, -0.2) is 0 Å². The lowest BCUT2D eigenvalue weighted by molar-refractivity contribution is -0.166. The van der Waals surface area contributed by atoms with E-state index >= 15 is 0 Å². The first-order valence-corrected chi connectivity index (χ1v) is 24.5. The maximum absolute atomic E-state index is 12.7. The Labute approximate surface area is 374 Å². The smallest absolute Gasteiger partial charge is 0.309 e. The monoisotopic (exact) mass is 845 g/mol. The topological polar surface area (TPSA) is 78.9 Å². The summed E-state index contributed by atoms with van der Waals surface area (Å²) in [5, 5.41) is 0. The molecule has 0 bridgehead atoms. The molecule has 0 N–H and O–H groups in total. The Bertz CT molecular complexity index is 1290. The van der Waals surface area contributed by atoms with Gasteiger partial charge in [0.1, 0.15) is 13.2 Å². The van der Waals surface area contributed by atoms with Gasteiger partial charge >= 0.3 is 17.9 Å². The number of esters is 3. The molecule has 0 amide bonds. The van der Waals surface area contributed by atoms with Crippen LogP contribution in [0.1, 0.15) is 201 Å². The average molecular weight is 845 g/mol. The van der Waals surface area contributed by atoms with E-state index in [1.54, 1.807) is 6.08 Å². The number of allylic oxidation sites excluding steroid dienone is 17. The molecular formula is C55H88O6.